The number of anilines is 1. The normalized spacial score (nSPS) is 13.0. The monoisotopic (exact) mass is 454 g/mol. The van der Waals surface area contributed by atoms with Crippen LogP contribution in [0.3, 0.4) is 0 Å². The molecule has 0 aliphatic rings. The minimum atomic E-state index is -0.694. The fraction of sp³-hybridized carbons (Fsp3) is 0.217. The summed E-state index contributed by atoms with van der Waals surface area (Å²) in [5.41, 5.74) is 1.77. The molecular formula is C23H23ClN4O2S. The number of hydrogen-bond donors (Lipinski definition) is 2. The maximum atomic E-state index is 12.9. The maximum absolute atomic E-state index is 12.9. The third-order valence-corrected chi connectivity index (χ3v) is 5.91. The number of benzene rings is 2. The molecule has 2 N–H and O–H groups in total. The molecule has 0 saturated heterocycles. The molecule has 2 amide bonds. The smallest absolute Gasteiger partial charge is 0.249 e. The second kappa shape index (κ2) is 10.8. The molecule has 1 heterocycles. The SMILES string of the molecule is CC[C@@H](C)[C@@H](NC(=O)/C=C/c1ccccc1)C(=O)Nc1nnc(-c2ccc(Cl)cc2)s1. The molecule has 3 aromatic rings. The number of carbonyl (C=O) groups excluding carboxylic acids is 2. The van der Waals surface area contributed by atoms with Crippen molar-refractivity contribution in [3.8, 4) is 10.6 Å². The lowest BCUT2D eigenvalue weighted by atomic mass is 9.98. The average molecular weight is 455 g/mol. The summed E-state index contributed by atoms with van der Waals surface area (Å²) in [5.74, 6) is -0.712. The Bertz CT molecular complexity index is 1050. The van der Waals surface area contributed by atoms with Crippen LogP contribution in [0.4, 0.5) is 5.13 Å². The fourth-order valence-corrected chi connectivity index (χ4v) is 3.68. The van der Waals surface area contributed by atoms with Gasteiger partial charge < -0.3 is 5.32 Å². The molecule has 0 unspecified atom stereocenters. The molecule has 0 saturated carbocycles. The minimum Gasteiger partial charge on any atom is -0.340 e. The molecule has 0 fully saturated rings. The molecule has 160 valence electrons. The number of nitrogens with zero attached hydrogens (tertiary/aromatic N) is 2. The van der Waals surface area contributed by atoms with E-state index in [-0.39, 0.29) is 17.7 Å². The van der Waals surface area contributed by atoms with Crippen LogP contribution >= 0.6 is 22.9 Å². The fourth-order valence-electron chi connectivity index (χ4n) is 2.81. The van der Waals surface area contributed by atoms with Gasteiger partial charge >= 0.3 is 0 Å². The number of amides is 2. The van der Waals surface area contributed by atoms with E-state index in [2.05, 4.69) is 20.8 Å². The summed E-state index contributed by atoms with van der Waals surface area (Å²) < 4.78 is 0. The lowest BCUT2D eigenvalue weighted by Gasteiger charge is -2.22. The van der Waals surface area contributed by atoms with Crippen molar-refractivity contribution in [2.75, 3.05) is 5.32 Å². The van der Waals surface area contributed by atoms with Gasteiger partial charge in [0.2, 0.25) is 16.9 Å². The summed E-state index contributed by atoms with van der Waals surface area (Å²) in [6.45, 7) is 3.89. The predicted octanol–water partition coefficient (Wildman–Crippen LogP) is 5.04. The van der Waals surface area contributed by atoms with Crippen LogP contribution in [0.15, 0.2) is 60.7 Å². The van der Waals surface area contributed by atoms with Crippen molar-refractivity contribution in [1.82, 2.24) is 15.5 Å². The minimum absolute atomic E-state index is 0.0577. The number of aromatic nitrogens is 2. The van der Waals surface area contributed by atoms with Crippen molar-refractivity contribution in [3.05, 3.63) is 71.3 Å². The summed E-state index contributed by atoms with van der Waals surface area (Å²) in [7, 11) is 0. The molecule has 0 bridgehead atoms. The topological polar surface area (TPSA) is 84.0 Å². The van der Waals surface area contributed by atoms with Crippen LogP contribution in [0.5, 0.6) is 0 Å². The highest BCUT2D eigenvalue weighted by Gasteiger charge is 2.26. The second-order valence-corrected chi connectivity index (χ2v) is 8.44. The number of halogens is 1. The predicted molar refractivity (Wildman–Crippen MR) is 126 cm³/mol. The van der Waals surface area contributed by atoms with Gasteiger partial charge in [-0.05, 0) is 29.7 Å². The van der Waals surface area contributed by atoms with Gasteiger partial charge in [-0.3, -0.25) is 14.9 Å². The highest BCUT2D eigenvalue weighted by Crippen LogP contribution is 2.27. The van der Waals surface area contributed by atoms with Crippen molar-refractivity contribution >= 4 is 46.0 Å². The first-order chi connectivity index (χ1) is 15.0. The van der Waals surface area contributed by atoms with E-state index >= 15 is 0 Å². The van der Waals surface area contributed by atoms with Gasteiger partial charge in [-0.25, -0.2) is 0 Å². The van der Waals surface area contributed by atoms with Crippen LogP contribution in [0.1, 0.15) is 25.8 Å². The zero-order chi connectivity index (χ0) is 22.2. The van der Waals surface area contributed by atoms with Gasteiger partial charge in [-0.1, -0.05) is 85.7 Å². The van der Waals surface area contributed by atoms with Gasteiger partial charge in [0.05, 0.1) is 0 Å². The molecule has 3 rings (SSSR count). The van der Waals surface area contributed by atoms with E-state index in [9.17, 15) is 9.59 Å². The molecule has 1 aromatic heterocycles. The Labute approximate surface area is 190 Å². The average Bonchev–Trinajstić information content (AvgIpc) is 3.25. The van der Waals surface area contributed by atoms with E-state index in [1.54, 1.807) is 18.2 Å². The first-order valence-corrected chi connectivity index (χ1v) is 11.1. The first kappa shape index (κ1) is 22.7. The summed E-state index contributed by atoms with van der Waals surface area (Å²) >= 11 is 7.18. The van der Waals surface area contributed by atoms with Crippen LogP contribution in [0, 0.1) is 5.92 Å². The third kappa shape index (κ3) is 6.47. The van der Waals surface area contributed by atoms with Crippen LogP contribution in [0.2, 0.25) is 5.02 Å². The Morgan fingerprint density at radius 3 is 2.48 bits per heavy atom. The maximum Gasteiger partial charge on any atom is 0.249 e. The lowest BCUT2D eigenvalue weighted by molar-refractivity contribution is -0.125. The van der Waals surface area contributed by atoms with Crippen LogP contribution in [0.25, 0.3) is 16.6 Å². The van der Waals surface area contributed by atoms with Crippen molar-refractivity contribution < 1.29 is 9.59 Å². The Hall–Kier alpha value is -3.03. The van der Waals surface area contributed by atoms with Gasteiger partial charge in [0.1, 0.15) is 11.0 Å². The lowest BCUT2D eigenvalue weighted by Crippen LogP contribution is -2.47. The van der Waals surface area contributed by atoms with Gasteiger partial charge in [-0.15, -0.1) is 10.2 Å². The summed E-state index contributed by atoms with van der Waals surface area (Å²) in [5, 5.41) is 15.4. The molecule has 0 radical (unpaired) electrons. The van der Waals surface area contributed by atoms with E-state index in [4.69, 9.17) is 11.6 Å². The summed E-state index contributed by atoms with van der Waals surface area (Å²) in [6, 6.07) is 16.0. The molecule has 0 aliphatic heterocycles. The molecular weight excluding hydrogens is 432 g/mol. The zero-order valence-corrected chi connectivity index (χ0v) is 18.8. The zero-order valence-electron chi connectivity index (χ0n) is 17.2. The molecule has 0 spiro atoms. The Morgan fingerprint density at radius 2 is 1.81 bits per heavy atom. The van der Waals surface area contributed by atoms with Crippen molar-refractivity contribution in [3.63, 3.8) is 0 Å². The first-order valence-electron chi connectivity index (χ1n) is 9.90. The number of nitrogens with one attached hydrogen (secondary N) is 2. The van der Waals surface area contributed by atoms with Crippen molar-refractivity contribution in [2.45, 2.75) is 26.3 Å². The highest BCUT2D eigenvalue weighted by molar-refractivity contribution is 7.18. The molecule has 0 aliphatic carbocycles. The van der Waals surface area contributed by atoms with Gasteiger partial charge in [-0.2, -0.15) is 0 Å². The van der Waals surface area contributed by atoms with E-state index < -0.39 is 6.04 Å². The van der Waals surface area contributed by atoms with Gasteiger partial charge in [0, 0.05) is 16.7 Å². The number of carbonyl (C=O) groups is 2. The van der Waals surface area contributed by atoms with Crippen LogP contribution in [-0.2, 0) is 9.59 Å². The Morgan fingerprint density at radius 1 is 1.10 bits per heavy atom. The molecule has 31 heavy (non-hydrogen) atoms. The van der Waals surface area contributed by atoms with E-state index in [0.717, 1.165) is 17.5 Å². The third-order valence-electron chi connectivity index (χ3n) is 4.77. The Balaban J connectivity index is 1.66. The van der Waals surface area contributed by atoms with Gasteiger partial charge in [0.15, 0.2) is 0 Å². The molecule has 2 atom stereocenters. The number of rotatable bonds is 8. The molecule has 6 nitrogen and oxygen atoms in total. The van der Waals surface area contributed by atoms with Crippen molar-refractivity contribution in [2.24, 2.45) is 5.92 Å². The van der Waals surface area contributed by atoms with Crippen molar-refractivity contribution in [1.29, 1.82) is 0 Å². The standard InChI is InChI=1S/C23H23ClN4O2S/c1-3-15(2)20(25-19(29)14-9-16-7-5-4-6-8-16)21(30)26-23-28-27-22(31-23)17-10-12-18(24)13-11-17/h4-15,20H,3H2,1-2H3,(H,25,29)(H,26,28,30)/b14-9+/t15-,20-/m1/s1. The van der Waals surface area contributed by atoms with Gasteiger partial charge in [0.25, 0.3) is 0 Å². The highest BCUT2D eigenvalue weighted by atomic mass is 35.5. The van der Waals surface area contributed by atoms with E-state index in [0.29, 0.717) is 15.2 Å². The summed E-state index contributed by atoms with van der Waals surface area (Å²) in [6.07, 6.45) is 3.87. The summed E-state index contributed by atoms with van der Waals surface area (Å²) in [4.78, 5) is 25.3. The quantitative estimate of drug-likeness (QED) is 0.467. The van der Waals surface area contributed by atoms with E-state index in [1.165, 1.54) is 17.4 Å². The number of hydrogen-bond acceptors (Lipinski definition) is 5. The van der Waals surface area contributed by atoms with E-state index in [1.807, 2.05) is 56.3 Å². The molecule has 8 heteroatoms. The Kier molecular flexibility index (Phi) is 7.92. The second-order valence-electron chi connectivity index (χ2n) is 7.02. The molecule has 2 aromatic carbocycles. The van der Waals surface area contributed by atoms with Crippen LogP contribution < -0.4 is 10.6 Å². The largest absolute Gasteiger partial charge is 0.340 e. The van der Waals surface area contributed by atoms with Crippen LogP contribution in [-0.4, -0.2) is 28.1 Å².